The molecule has 2 unspecified atom stereocenters. The van der Waals surface area contributed by atoms with Crippen LogP contribution in [0.5, 0.6) is 5.75 Å². The van der Waals surface area contributed by atoms with Gasteiger partial charge in [0.1, 0.15) is 5.75 Å². The maximum Gasteiger partial charge on any atom is 0.243 e. The molecule has 0 saturated carbocycles. The summed E-state index contributed by atoms with van der Waals surface area (Å²) in [6.45, 7) is 6.41. The minimum absolute atomic E-state index is 0.0448. The van der Waals surface area contributed by atoms with Crippen molar-refractivity contribution in [2.24, 2.45) is 0 Å². The molecule has 0 amide bonds. The zero-order valence-corrected chi connectivity index (χ0v) is 16.1. The van der Waals surface area contributed by atoms with E-state index in [9.17, 15) is 8.42 Å². The van der Waals surface area contributed by atoms with Crippen molar-refractivity contribution in [1.29, 1.82) is 0 Å². The maximum absolute atomic E-state index is 13.1. The third kappa shape index (κ3) is 4.09. The molecule has 1 aliphatic heterocycles. The van der Waals surface area contributed by atoms with Crippen molar-refractivity contribution in [3.8, 4) is 5.75 Å². The molecule has 3 rings (SSSR count). The summed E-state index contributed by atoms with van der Waals surface area (Å²) in [7, 11) is -3.60. The van der Waals surface area contributed by atoms with Gasteiger partial charge in [-0.2, -0.15) is 4.31 Å². The Bertz CT molecular complexity index is 819. The fourth-order valence-corrected chi connectivity index (χ4v) is 4.65. The Morgan fingerprint density at radius 1 is 1.08 bits per heavy atom. The van der Waals surface area contributed by atoms with Crippen molar-refractivity contribution in [3.05, 3.63) is 60.2 Å². The van der Waals surface area contributed by atoms with Crippen molar-refractivity contribution >= 4 is 10.0 Å². The number of hydrogen-bond acceptors (Lipinski definition) is 4. The van der Waals surface area contributed by atoms with Crippen LogP contribution in [-0.2, 0) is 14.8 Å². The first-order chi connectivity index (χ1) is 12.4. The van der Waals surface area contributed by atoms with E-state index in [2.05, 4.69) is 0 Å². The second-order valence-electron chi connectivity index (χ2n) is 6.79. The summed E-state index contributed by atoms with van der Waals surface area (Å²) < 4.78 is 39.3. The number of nitrogens with zero attached hydrogens (tertiary/aromatic N) is 1. The molecule has 140 valence electrons. The average Bonchev–Trinajstić information content (AvgIpc) is 2.62. The molecule has 0 radical (unpaired) electrons. The number of benzene rings is 2. The Balaban J connectivity index is 1.82. The number of rotatable bonds is 5. The summed E-state index contributed by atoms with van der Waals surface area (Å²) in [4.78, 5) is 0.272. The van der Waals surface area contributed by atoms with Crippen molar-refractivity contribution in [2.45, 2.75) is 43.9 Å². The highest BCUT2D eigenvalue weighted by Crippen LogP contribution is 2.30. The molecule has 2 aromatic carbocycles. The van der Waals surface area contributed by atoms with Gasteiger partial charge in [0, 0.05) is 12.6 Å². The van der Waals surface area contributed by atoms with E-state index in [1.165, 1.54) is 4.31 Å². The fourth-order valence-electron chi connectivity index (χ4n) is 3.04. The maximum atomic E-state index is 13.1. The van der Waals surface area contributed by atoms with Gasteiger partial charge in [0.05, 0.1) is 23.7 Å². The largest absolute Gasteiger partial charge is 0.491 e. The highest BCUT2D eigenvalue weighted by atomic mass is 32.2. The molecule has 5 nitrogen and oxygen atoms in total. The summed E-state index contributed by atoms with van der Waals surface area (Å²) in [5.41, 5.74) is 0.986. The molecule has 1 fully saturated rings. The monoisotopic (exact) mass is 375 g/mol. The van der Waals surface area contributed by atoms with Crippen molar-refractivity contribution < 1.29 is 17.9 Å². The molecule has 1 aliphatic rings. The van der Waals surface area contributed by atoms with Gasteiger partial charge < -0.3 is 9.47 Å². The molecule has 1 saturated heterocycles. The van der Waals surface area contributed by atoms with Crippen LogP contribution >= 0.6 is 0 Å². The molecular weight excluding hydrogens is 350 g/mol. The van der Waals surface area contributed by atoms with Crippen LogP contribution in [0.15, 0.2) is 59.5 Å². The van der Waals surface area contributed by atoms with Gasteiger partial charge in [-0.3, -0.25) is 0 Å². The number of ether oxygens (including phenoxy) is 2. The van der Waals surface area contributed by atoms with Gasteiger partial charge >= 0.3 is 0 Å². The normalized spacial score (nSPS) is 21.7. The Hall–Kier alpha value is -1.89. The third-order valence-corrected chi connectivity index (χ3v) is 6.34. The smallest absolute Gasteiger partial charge is 0.243 e. The lowest BCUT2D eigenvalue weighted by Crippen LogP contribution is -2.48. The average molecular weight is 375 g/mol. The summed E-state index contributed by atoms with van der Waals surface area (Å²) in [5, 5.41) is 0. The zero-order chi connectivity index (χ0) is 18.7. The third-order valence-electron chi connectivity index (χ3n) is 4.35. The van der Waals surface area contributed by atoms with Gasteiger partial charge in [-0.25, -0.2) is 8.42 Å². The van der Waals surface area contributed by atoms with Gasteiger partial charge in [0.15, 0.2) is 0 Å². The zero-order valence-electron chi connectivity index (χ0n) is 15.3. The van der Waals surface area contributed by atoms with Crippen LogP contribution in [0.3, 0.4) is 0 Å². The minimum Gasteiger partial charge on any atom is -0.491 e. The van der Waals surface area contributed by atoms with Crippen LogP contribution in [0.2, 0.25) is 0 Å². The lowest BCUT2D eigenvalue weighted by atomic mass is 10.1. The summed E-state index contributed by atoms with van der Waals surface area (Å²) in [6, 6.07) is 16.1. The van der Waals surface area contributed by atoms with Crippen LogP contribution < -0.4 is 4.74 Å². The molecule has 2 atom stereocenters. The Morgan fingerprint density at radius 3 is 2.35 bits per heavy atom. The van der Waals surface area contributed by atoms with Gasteiger partial charge in [0.2, 0.25) is 10.0 Å². The second kappa shape index (κ2) is 7.78. The van der Waals surface area contributed by atoms with E-state index < -0.39 is 10.0 Å². The van der Waals surface area contributed by atoms with E-state index >= 15 is 0 Å². The van der Waals surface area contributed by atoms with E-state index in [0.717, 1.165) is 5.56 Å². The number of morpholine rings is 1. The predicted molar refractivity (Wildman–Crippen MR) is 101 cm³/mol. The SMILES string of the molecule is CC(C)Oc1ccc(S(=O)(=O)N2CC(c3ccccc3)OCC2C)cc1. The molecule has 0 aliphatic carbocycles. The second-order valence-corrected chi connectivity index (χ2v) is 8.68. The lowest BCUT2D eigenvalue weighted by molar-refractivity contribution is -0.0288. The quantitative estimate of drug-likeness (QED) is 0.801. The van der Waals surface area contributed by atoms with E-state index in [1.807, 2.05) is 51.1 Å². The first-order valence-corrected chi connectivity index (χ1v) is 10.3. The van der Waals surface area contributed by atoms with Crippen LogP contribution in [0.25, 0.3) is 0 Å². The molecule has 1 heterocycles. The summed E-state index contributed by atoms with van der Waals surface area (Å²) in [6.07, 6.45) is -0.214. The molecule has 6 heteroatoms. The topological polar surface area (TPSA) is 55.8 Å². The molecular formula is C20H25NO4S. The summed E-state index contributed by atoms with van der Waals surface area (Å²) in [5.74, 6) is 0.663. The van der Waals surface area contributed by atoms with Gasteiger partial charge in [-0.05, 0) is 50.6 Å². The van der Waals surface area contributed by atoms with Gasteiger partial charge in [-0.15, -0.1) is 0 Å². The Labute approximate surface area is 155 Å². The van der Waals surface area contributed by atoms with Crippen molar-refractivity contribution in [2.75, 3.05) is 13.2 Å². The van der Waals surface area contributed by atoms with Crippen LogP contribution in [0, 0.1) is 0 Å². The molecule has 0 aromatic heterocycles. The lowest BCUT2D eigenvalue weighted by Gasteiger charge is -2.37. The van der Waals surface area contributed by atoms with Crippen LogP contribution in [-0.4, -0.2) is 38.0 Å². The van der Waals surface area contributed by atoms with Crippen molar-refractivity contribution in [1.82, 2.24) is 4.31 Å². The number of sulfonamides is 1. The molecule has 0 spiro atoms. The van der Waals surface area contributed by atoms with Gasteiger partial charge in [0.25, 0.3) is 0 Å². The minimum atomic E-state index is -3.60. The Kier molecular flexibility index (Phi) is 5.65. The predicted octanol–water partition coefficient (Wildman–Crippen LogP) is 3.62. The van der Waals surface area contributed by atoms with E-state index in [-0.39, 0.29) is 23.1 Å². The van der Waals surface area contributed by atoms with E-state index in [4.69, 9.17) is 9.47 Å². The van der Waals surface area contributed by atoms with Crippen LogP contribution in [0.4, 0.5) is 0 Å². The van der Waals surface area contributed by atoms with Crippen LogP contribution in [0.1, 0.15) is 32.4 Å². The molecule has 2 aromatic rings. The highest BCUT2D eigenvalue weighted by Gasteiger charge is 2.36. The number of hydrogen-bond donors (Lipinski definition) is 0. The summed E-state index contributed by atoms with van der Waals surface area (Å²) >= 11 is 0. The Morgan fingerprint density at radius 2 is 1.73 bits per heavy atom. The fraction of sp³-hybridized carbons (Fsp3) is 0.400. The molecule has 0 N–H and O–H groups in total. The van der Waals surface area contributed by atoms with E-state index in [1.54, 1.807) is 24.3 Å². The van der Waals surface area contributed by atoms with E-state index in [0.29, 0.717) is 18.9 Å². The molecule has 26 heavy (non-hydrogen) atoms. The molecule has 0 bridgehead atoms. The van der Waals surface area contributed by atoms with Gasteiger partial charge in [-0.1, -0.05) is 30.3 Å². The first-order valence-electron chi connectivity index (χ1n) is 8.83. The first kappa shape index (κ1) is 18.9. The highest BCUT2D eigenvalue weighted by molar-refractivity contribution is 7.89. The standard InChI is InChI=1S/C20H25NO4S/c1-15(2)25-18-9-11-19(12-10-18)26(22,23)21-13-20(24-14-16(21)3)17-7-5-4-6-8-17/h4-12,15-16,20H,13-14H2,1-3H3. The van der Waals surface area contributed by atoms with Crippen molar-refractivity contribution in [3.63, 3.8) is 0 Å².